The summed E-state index contributed by atoms with van der Waals surface area (Å²) in [5.41, 5.74) is 9.22. The Bertz CT molecular complexity index is 2490. The van der Waals surface area contributed by atoms with E-state index in [-0.39, 0.29) is 21.1 Å². The fourth-order valence-electron chi connectivity index (χ4n) is 6.27. The van der Waals surface area contributed by atoms with E-state index in [0.29, 0.717) is 6.42 Å². The maximum atomic E-state index is 5.71. The van der Waals surface area contributed by atoms with Gasteiger partial charge in [-0.25, -0.2) is 4.98 Å². The number of benzene rings is 5. The molecule has 0 saturated heterocycles. The first-order valence-corrected chi connectivity index (χ1v) is 14.6. The van der Waals surface area contributed by atoms with Crippen LogP contribution in [0.15, 0.2) is 138 Å². The van der Waals surface area contributed by atoms with Crippen LogP contribution in [0.1, 0.15) is 11.1 Å². The Hall–Kier alpha value is -5.25. The van der Waals surface area contributed by atoms with Crippen LogP contribution in [0.25, 0.3) is 61.0 Å². The molecule has 0 fully saturated rings. The van der Waals surface area contributed by atoms with Gasteiger partial charge in [0.1, 0.15) is 11.4 Å². The van der Waals surface area contributed by atoms with Crippen LogP contribution in [0.4, 0.5) is 0 Å². The molecule has 0 atom stereocenters. The van der Waals surface area contributed by atoms with Crippen LogP contribution in [0.2, 0.25) is 0 Å². The second-order valence-corrected chi connectivity index (χ2v) is 10.9. The first-order valence-electron chi connectivity index (χ1n) is 14.6. The molecule has 0 aliphatic heterocycles. The summed E-state index contributed by atoms with van der Waals surface area (Å²) in [6, 6.07) is 49.1. The van der Waals surface area contributed by atoms with Gasteiger partial charge in [-0.2, -0.15) is 53.6 Å². The molecule has 0 N–H and O–H groups in total. The second kappa shape index (κ2) is 11.0. The molecule has 4 aromatic heterocycles. The van der Waals surface area contributed by atoms with Gasteiger partial charge in [0.2, 0.25) is 0 Å². The van der Waals surface area contributed by atoms with E-state index in [1.54, 1.807) is 12.5 Å². The molecule has 0 spiro atoms. The number of imidazole rings is 1. The van der Waals surface area contributed by atoms with Gasteiger partial charge < -0.3 is 13.6 Å². The van der Waals surface area contributed by atoms with Crippen molar-refractivity contribution in [1.82, 2.24) is 14.1 Å². The third-order valence-electron chi connectivity index (χ3n) is 8.25. The summed E-state index contributed by atoms with van der Waals surface area (Å²) in [4.78, 5) is 4.80. The van der Waals surface area contributed by atoms with Crippen molar-refractivity contribution in [2.45, 2.75) is 6.42 Å². The molecule has 0 bridgehead atoms. The van der Waals surface area contributed by atoms with Crippen LogP contribution in [-0.2, 0) is 27.5 Å². The zero-order valence-electron chi connectivity index (χ0n) is 23.9. The van der Waals surface area contributed by atoms with Crippen molar-refractivity contribution in [1.29, 1.82) is 0 Å². The van der Waals surface area contributed by atoms with Gasteiger partial charge in [-0.1, -0.05) is 66.2 Å². The number of furan rings is 1. The van der Waals surface area contributed by atoms with E-state index in [1.807, 2.05) is 30.3 Å². The normalized spacial score (nSPS) is 11.5. The van der Waals surface area contributed by atoms with Crippen LogP contribution in [0, 0.1) is 18.5 Å². The van der Waals surface area contributed by atoms with E-state index in [9.17, 15) is 0 Å². The third-order valence-corrected chi connectivity index (χ3v) is 8.25. The zero-order valence-corrected chi connectivity index (χ0v) is 26.2. The summed E-state index contributed by atoms with van der Waals surface area (Å²) in [6.07, 6.45) is 7.77. The van der Waals surface area contributed by atoms with Crippen molar-refractivity contribution in [2.24, 2.45) is 0 Å². The number of hydrogen-bond donors (Lipinski definition) is 0. The maximum Gasteiger partial charge on any atom is 0.268 e. The Morgan fingerprint density at radius 1 is 0.667 bits per heavy atom. The average molecular weight is 760 g/mol. The van der Waals surface area contributed by atoms with E-state index in [1.165, 1.54) is 5.39 Å². The average Bonchev–Trinajstić information content (AvgIpc) is 3.80. The molecule has 0 saturated carbocycles. The fraction of sp³-hybridized carbons (Fsp3) is 0.0256. The molecule has 0 amide bonds. The molecule has 218 valence electrons. The van der Waals surface area contributed by atoms with Gasteiger partial charge in [-0.15, -0.1) is 5.39 Å². The number of nitrogens with zero attached hydrogens (tertiary/aromatic N) is 4. The molecule has 45 heavy (non-hydrogen) atoms. The van der Waals surface area contributed by atoms with E-state index >= 15 is 0 Å². The molecule has 9 aromatic rings. The second-order valence-electron chi connectivity index (χ2n) is 10.9. The Kier molecular flexibility index (Phi) is 6.69. The quantitative estimate of drug-likeness (QED) is 0.131. The number of para-hydroxylation sites is 4. The van der Waals surface area contributed by atoms with Crippen molar-refractivity contribution < 1.29 is 30.0 Å². The molecule has 4 heterocycles. The van der Waals surface area contributed by atoms with Crippen LogP contribution in [0.3, 0.4) is 0 Å². The Morgan fingerprint density at radius 2 is 1.47 bits per heavy atom. The predicted octanol–water partition coefficient (Wildman–Crippen LogP) is 8.13. The topological polar surface area (TPSA) is 39.8 Å². The summed E-state index contributed by atoms with van der Waals surface area (Å²) >= 11 is 0. The van der Waals surface area contributed by atoms with Crippen molar-refractivity contribution in [3.63, 3.8) is 0 Å². The molecule has 9 rings (SSSR count). The molecule has 0 unspecified atom stereocenters. The van der Waals surface area contributed by atoms with Gasteiger partial charge in [0.05, 0.1) is 28.4 Å². The van der Waals surface area contributed by atoms with E-state index < -0.39 is 0 Å². The smallest absolute Gasteiger partial charge is 0.268 e. The summed E-state index contributed by atoms with van der Waals surface area (Å²) in [7, 11) is 0. The minimum atomic E-state index is 0. The largest absolute Gasteiger partial charge is 0.464 e. The number of aromatic nitrogens is 4. The first kappa shape index (κ1) is 27.3. The van der Waals surface area contributed by atoms with Crippen molar-refractivity contribution in [2.75, 3.05) is 0 Å². The number of rotatable bonds is 5. The molecule has 0 radical (unpaired) electrons. The minimum absolute atomic E-state index is 0. The third kappa shape index (κ3) is 4.51. The number of hydrogen-bond acceptors (Lipinski definition) is 2. The molecule has 0 aliphatic rings. The monoisotopic (exact) mass is 759 g/mol. The first-order chi connectivity index (χ1) is 21.8. The summed E-state index contributed by atoms with van der Waals surface area (Å²) in [6.45, 7) is 0. The van der Waals surface area contributed by atoms with E-state index in [2.05, 4.69) is 123 Å². The van der Waals surface area contributed by atoms with Gasteiger partial charge >= 0.3 is 0 Å². The van der Waals surface area contributed by atoms with Crippen LogP contribution < -0.4 is 4.57 Å². The van der Waals surface area contributed by atoms with Crippen LogP contribution in [0.5, 0.6) is 0 Å². The molecule has 5 nitrogen and oxygen atoms in total. The molecule has 6 heteroatoms. The summed E-state index contributed by atoms with van der Waals surface area (Å²) in [5.74, 6) is 0.839. The molecule has 0 aliphatic carbocycles. The standard InChI is InChI=1S/C39H24N4O.Pt/c1-2-10-29(11-3-1)41-26-42(36-16-7-6-15-35(36)41)30-12-8-9-27(24-30)23-28-17-18-32-31-13-4-5-14-34(31)43(37(32)25-28)39-33-20-22-44-38(33)19-21-40-39;/h1-22H,23H2;/q-2;. The molecule has 5 aromatic carbocycles. The van der Waals surface area contributed by atoms with Crippen molar-refractivity contribution in [3.8, 4) is 17.2 Å². The fourth-order valence-corrected chi connectivity index (χ4v) is 6.27. The Labute approximate surface area is 273 Å². The van der Waals surface area contributed by atoms with E-state index in [0.717, 1.165) is 66.7 Å². The molecular weight excluding hydrogens is 736 g/mol. The number of pyridine rings is 1. The van der Waals surface area contributed by atoms with Crippen molar-refractivity contribution in [3.05, 3.63) is 163 Å². The summed E-state index contributed by atoms with van der Waals surface area (Å²) < 4.78 is 12.1. The zero-order chi connectivity index (χ0) is 29.0. The number of fused-ring (bicyclic) bond motifs is 5. The minimum Gasteiger partial charge on any atom is -0.464 e. The van der Waals surface area contributed by atoms with Gasteiger partial charge in [0, 0.05) is 32.8 Å². The van der Waals surface area contributed by atoms with Gasteiger partial charge in [-0.3, -0.25) is 4.57 Å². The SMILES string of the molecule is [Pt].[c-]1c(Cc2[c-]c3c(cc2)c2ccccc2n3-c2nccc3occc23)cccc1-n1[c-][n+](-c2ccccc2)c2ccccc21. The van der Waals surface area contributed by atoms with Crippen LogP contribution in [-0.4, -0.2) is 14.1 Å². The van der Waals surface area contributed by atoms with E-state index in [4.69, 9.17) is 9.40 Å². The van der Waals surface area contributed by atoms with Crippen molar-refractivity contribution >= 4 is 43.8 Å². The summed E-state index contributed by atoms with van der Waals surface area (Å²) in [5, 5.41) is 3.28. The molecular formula is C39H24N4OPt-2. The Morgan fingerprint density at radius 3 is 2.38 bits per heavy atom. The van der Waals surface area contributed by atoms with Gasteiger partial charge in [0.15, 0.2) is 0 Å². The Balaban J connectivity index is 0.00000300. The van der Waals surface area contributed by atoms with Gasteiger partial charge in [0.25, 0.3) is 6.33 Å². The van der Waals surface area contributed by atoms with Gasteiger partial charge in [-0.05, 0) is 47.8 Å². The maximum absolute atomic E-state index is 5.71. The predicted molar refractivity (Wildman–Crippen MR) is 172 cm³/mol. The van der Waals surface area contributed by atoms with Crippen LogP contribution >= 0.6 is 0 Å².